The van der Waals surface area contributed by atoms with Gasteiger partial charge in [0.05, 0.1) is 0 Å². The van der Waals surface area contributed by atoms with Gasteiger partial charge in [-0.05, 0) is 190 Å². The Morgan fingerprint density at radius 1 is 0.344 bits per heavy atom. The summed E-state index contributed by atoms with van der Waals surface area (Å²) in [5.41, 5.74) is -7.28. The molecule has 5 fully saturated rings. The molecular formula is C48H85N10O6. The molecule has 0 N–H and O–H groups in total. The van der Waals surface area contributed by atoms with Crippen LogP contribution in [0.2, 0.25) is 0 Å². The third-order valence-corrected chi connectivity index (χ3v) is 15.7. The van der Waals surface area contributed by atoms with Crippen molar-refractivity contribution in [3.8, 4) is 6.01 Å². The van der Waals surface area contributed by atoms with Gasteiger partial charge in [0, 0.05) is 92.4 Å². The summed E-state index contributed by atoms with van der Waals surface area (Å²) in [6.07, 6.45) is 4.71. The zero-order valence-corrected chi connectivity index (χ0v) is 43.4. The quantitative estimate of drug-likeness (QED) is 0.245. The van der Waals surface area contributed by atoms with Crippen LogP contribution < -0.4 is 14.5 Å². The van der Waals surface area contributed by atoms with E-state index in [-0.39, 0.29) is 30.2 Å². The van der Waals surface area contributed by atoms with E-state index in [0.29, 0.717) is 76.1 Å². The number of hydroxylamine groups is 10. The molecule has 16 nitrogen and oxygen atoms in total. The first-order chi connectivity index (χ1) is 28.7. The lowest BCUT2D eigenvalue weighted by atomic mass is 9.74. The van der Waals surface area contributed by atoms with E-state index in [2.05, 4.69) is 9.80 Å². The van der Waals surface area contributed by atoms with Crippen molar-refractivity contribution in [1.29, 1.82) is 0 Å². The number of nitrogens with zero attached hydrogens (tertiary/aromatic N) is 10. The second-order valence-corrected chi connectivity index (χ2v) is 27.0. The molecule has 0 saturated carbocycles. The predicted octanol–water partition coefficient (Wildman–Crippen LogP) is 8.70. The Hall–Kier alpha value is -1.99. The van der Waals surface area contributed by atoms with Gasteiger partial charge in [-0.15, -0.1) is 51.4 Å². The van der Waals surface area contributed by atoms with E-state index in [1.54, 1.807) is 0 Å². The minimum atomic E-state index is -0.730. The Morgan fingerprint density at radius 2 is 0.531 bits per heavy atom. The molecule has 5 aliphatic heterocycles. The molecule has 0 amide bonds. The smallest absolute Gasteiger partial charge is 0.323 e. The second-order valence-electron chi connectivity index (χ2n) is 27.0. The van der Waals surface area contributed by atoms with Crippen LogP contribution in [-0.4, -0.2) is 126 Å². The van der Waals surface area contributed by atoms with Crippen molar-refractivity contribution in [3.05, 3.63) is 0 Å². The van der Waals surface area contributed by atoms with Gasteiger partial charge in [-0.3, -0.25) is 0 Å². The average molecular weight is 898 g/mol. The Balaban J connectivity index is 1.62. The van der Waals surface area contributed by atoms with Crippen LogP contribution in [0.15, 0.2) is 0 Å². The van der Waals surface area contributed by atoms with Gasteiger partial charge in [0.25, 0.3) is 0 Å². The van der Waals surface area contributed by atoms with Crippen LogP contribution in [0.1, 0.15) is 203 Å². The topological polar surface area (TPSA) is 170 Å². The molecule has 1 aromatic heterocycles. The molecule has 0 aliphatic carbocycles. The Kier molecular flexibility index (Phi) is 12.9. The van der Waals surface area contributed by atoms with Gasteiger partial charge in [0.2, 0.25) is 11.9 Å². The maximum atomic E-state index is 14.0. The van der Waals surface area contributed by atoms with E-state index in [0.717, 1.165) is 0 Å². The summed E-state index contributed by atoms with van der Waals surface area (Å²) in [6.45, 7) is 39.8. The summed E-state index contributed by atoms with van der Waals surface area (Å²) in [4.78, 5) is 20.8. The van der Waals surface area contributed by atoms with Crippen LogP contribution in [0.5, 0.6) is 6.01 Å². The minimum Gasteiger partial charge on any atom is -0.460 e. The van der Waals surface area contributed by atoms with Crippen LogP contribution in [0.25, 0.3) is 0 Å². The Morgan fingerprint density at radius 3 is 0.734 bits per heavy atom. The maximum absolute atomic E-state index is 14.0. The van der Waals surface area contributed by atoms with Crippen molar-refractivity contribution in [2.75, 3.05) is 9.80 Å². The standard InChI is InChI=1S/C48H85N10O6/c1-39(2)21-31(22-40(3,4)54(39)59)52(32-23-41(5,6)55(60)42(7,8)24-32)36-49-37(51-38(50-36)64-35-29-47(17,18)58(63)48(19,20)30-35)53(33-25-43(9,10)56(61)44(11,12)26-33)34-27-45(13,14)57(62)46(15,16)28-34/h31-35H,21-30H2,1-20H3. The van der Waals surface area contributed by atoms with Crippen LogP contribution in [0.4, 0.5) is 11.9 Å². The van der Waals surface area contributed by atoms with Crippen molar-refractivity contribution in [1.82, 2.24) is 40.3 Å². The van der Waals surface area contributed by atoms with Gasteiger partial charge in [-0.2, -0.15) is 15.0 Å². The number of piperidine rings is 5. The van der Waals surface area contributed by atoms with Gasteiger partial charge >= 0.3 is 6.01 Å². The zero-order chi connectivity index (χ0) is 48.6. The Labute approximate surface area is 386 Å². The first-order valence-electron chi connectivity index (χ1n) is 24.0. The molecule has 363 valence electrons. The molecular weight excluding hydrogens is 813 g/mol. The predicted molar refractivity (Wildman–Crippen MR) is 244 cm³/mol. The zero-order valence-electron chi connectivity index (χ0n) is 43.4. The first-order valence-corrected chi connectivity index (χ1v) is 24.0. The molecule has 0 atom stereocenters. The summed E-state index contributed by atoms with van der Waals surface area (Å²) in [5.74, 6) is 0.826. The monoisotopic (exact) mass is 898 g/mol. The average Bonchev–Trinajstić information content (AvgIpc) is 3.09. The molecule has 16 heteroatoms. The van der Waals surface area contributed by atoms with Crippen molar-refractivity contribution in [3.63, 3.8) is 0 Å². The molecule has 0 spiro atoms. The van der Waals surface area contributed by atoms with Gasteiger partial charge in [-0.25, -0.2) is 0 Å². The number of anilines is 2. The number of ether oxygens (including phenoxy) is 1. The van der Waals surface area contributed by atoms with Crippen LogP contribution in [0.3, 0.4) is 0 Å². The summed E-state index contributed by atoms with van der Waals surface area (Å²) in [6, 6.07) is -0.667. The fourth-order valence-corrected chi connectivity index (χ4v) is 13.9. The molecule has 0 bridgehead atoms. The molecule has 0 aromatic carbocycles. The summed E-state index contributed by atoms with van der Waals surface area (Å²) in [5, 5.41) is 75.5. The highest BCUT2D eigenvalue weighted by Crippen LogP contribution is 2.49. The lowest BCUT2D eigenvalue weighted by Crippen LogP contribution is -2.68. The number of rotatable bonds is 8. The highest BCUT2D eigenvalue weighted by Gasteiger charge is 2.56. The maximum Gasteiger partial charge on any atom is 0.323 e. The van der Waals surface area contributed by atoms with Gasteiger partial charge in [-0.1, -0.05) is 0 Å². The van der Waals surface area contributed by atoms with Crippen LogP contribution in [-0.2, 0) is 26.0 Å². The fourth-order valence-electron chi connectivity index (χ4n) is 13.9. The summed E-state index contributed by atoms with van der Waals surface area (Å²) < 4.78 is 6.99. The molecule has 64 heavy (non-hydrogen) atoms. The second kappa shape index (κ2) is 16.0. The lowest BCUT2D eigenvalue weighted by molar-refractivity contribution is -0.297. The van der Waals surface area contributed by atoms with E-state index >= 15 is 0 Å². The largest absolute Gasteiger partial charge is 0.460 e. The summed E-state index contributed by atoms with van der Waals surface area (Å²) >= 11 is 0. The number of hydrogen-bond acceptors (Lipinski definition) is 11. The van der Waals surface area contributed by atoms with Gasteiger partial charge in [0.1, 0.15) is 6.10 Å². The van der Waals surface area contributed by atoms with Gasteiger partial charge in [0.15, 0.2) is 0 Å². The molecule has 6 rings (SSSR count). The number of hydrogen-bond donors (Lipinski definition) is 0. The molecule has 5 saturated heterocycles. The van der Waals surface area contributed by atoms with E-state index in [4.69, 9.17) is 19.7 Å². The highest BCUT2D eigenvalue weighted by molar-refractivity contribution is 5.46. The van der Waals surface area contributed by atoms with E-state index in [9.17, 15) is 26.0 Å². The van der Waals surface area contributed by atoms with Crippen LogP contribution >= 0.6 is 0 Å². The molecule has 6 heterocycles. The highest BCUT2D eigenvalue weighted by atomic mass is 16.5. The van der Waals surface area contributed by atoms with Crippen molar-refractivity contribution in [2.45, 2.75) is 288 Å². The summed E-state index contributed by atoms with van der Waals surface area (Å²) in [7, 11) is 0. The van der Waals surface area contributed by atoms with Gasteiger partial charge < -0.3 is 14.5 Å². The normalized spacial score (nSPS) is 30.3. The third kappa shape index (κ3) is 9.54. The van der Waals surface area contributed by atoms with Crippen molar-refractivity contribution >= 4 is 11.9 Å². The molecule has 1 aromatic rings. The van der Waals surface area contributed by atoms with E-state index in [1.807, 2.05) is 138 Å². The van der Waals surface area contributed by atoms with Crippen molar-refractivity contribution < 1.29 is 30.8 Å². The fraction of sp³-hybridized carbons (Fsp3) is 0.938. The SMILES string of the molecule is CC1(C)CC(Oc2nc(N(C3CC(C)(C)N([O])C(C)(C)C3)C3CC(C)(C)N([O])C(C)(C)C3)nc(N(C3CC(C)(C)N([O])C(C)(C)C3)C3CC(C)(C)N([O])C(C)(C)C3)n2)CC(C)(C)N1[O]. The van der Waals surface area contributed by atoms with E-state index < -0.39 is 61.5 Å². The van der Waals surface area contributed by atoms with Crippen LogP contribution in [0, 0.1) is 0 Å². The molecule has 5 radical (unpaired) electrons. The third-order valence-electron chi connectivity index (χ3n) is 15.7. The first kappa shape index (κ1) is 51.4. The minimum absolute atomic E-state index is 0.144. The molecule has 5 aliphatic rings. The number of aromatic nitrogens is 3. The van der Waals surface area contributed by atoms with E-state index in [1.165, 1.54) is 25.3 Å². The Bertz CT molecular complexity index is 1580. The lowest BCUT2D eigenvalue weighted by Gasteiger charge is -2.57. The van der Waals surface area contributed by atoms with Crippen molar-refractivity contribution in [2.24, 2.45) is 0 Å². The molecule has 0 unspecified atom stereocenters.